The summed E-state index contributed by atoms with van der Waals surface area (Å²) in [6, 6.07) is 4.21. The third-order valence-corrected chi connectivity index (χ3v) is 2.77. The standard InChI is InChI=1S/C13H13N3O5/c1-3-20-13(17)10-11(14)21-12(15-10)9-5-4-8(16(18)19)6-7(9)2/h4-6H,3,14H2,1-2H3. The Labute approximate surface area is 119 Å². The predicted octanol–water partition coefficient (Wildman–Crippen LogP) is 2.32. The molecular formula is C13H13N3O5. The number of oxazole rings is 1. The van der Waals surface area contributed by atoms with Gasteiger partial charge in [0.05, 0.1) is 11.5 Å². The van der Waals surface area contributed by atoms with Crippen molar-refractivity contribution < 1.29 is 18.9 Å². The number of hydrogen-bond acceptors (Lipinski definition) is 7. The SMILES string of the molecule is CCOC(=O)c1nc(-c2ccc([N+](=O)[O-])cc2C)oc1N. The van der Waals surface area contributed by atoms with E-state index in [1.54, 1.807) is 13.8 Å². The number of benzene rings is 1. The van der Waals surface area contributed by atoms with E-state index >= 15 is 0 Å². The van der Waals surface area contributed by atoms with Crippen LogP contribution in [0, 0.1) is 17.0 Å². The van der Waals surface area contributed by atoms with E-state index in [1.807, 2.05) is 0 Å². The molecule has 21 heavy (non-hydrogen) atoms. The highest BCUT2D eigenvalue weighted by Gasteiger charge is 2.21. The number of aromatic nitrogens is 1. The first kappa shape index (κ1) is 14.5. The number of nitrogen functional groups attached to an aromatic ring is 1. The molecular weight excluding hydrogens is 278 g/mol. The number of hydrogen-bond donors (Lipinski definition) is 1. The number of esters is 1. The van der Waals surface area contributed by atoms with E-state index in [0.29, 0.717) is 11.1 Å². The Morgan fingerprint density at radius 1 is 1.52 bits per heavy atom. The molecule has 8 heteroatoms. The van der Waals surface area contributed by atoms with E-state index in [-0.39, 0.29) is 29.8 Å². The largest absolute Gasteiger partial charge is 0.461 e. The van der Waals surface area contributed by atoms with Crippen molar-refractivity contribution in [1.29, 1.82) is 0 Å². The predicted molar refractivity (Wildman–Crippen MR) is 73.7 cm³/mol. The number of anilines is 1. The number of nitro groups is 1. The monoisotopic (exact) mass is 291 g/mol. The molecule has 0 unspecified atom stereocenters. The Morgan fingerprint density at radius 3 is 2.81 bits per heavy atom. The molecule has 0 saturated carbocycles. The van der Waals surface area contributed by atoms with E-state index in [2.05, 4.69) is 4.98 Å². The first-order valence-corrected chi connectivity index (χ1v) is 6.12. The molecule has 2 N–H and O–H groups in total. The first-order chi connectivity index (χ1) is 9.93. The number of ether oxygens (including phenoxy) is 1. The van der Waals surface area contributed by atoms with Gasteiger partial charge in [-0.25, -0.2) is 4.79 Å². The van der Waals surface area contributed by atoms with Gasteiger partial charge in [0.1, 0.15) is 0 Å². The quantitative estimate of drug-likeness (QED) is 0.521. The van der Waals surface area contributed by atoms with Crippen LogP contribution < -0.4 is 5.73 Å². The maximum absolute atomic E-state index is 11.6. The second-order valence-electron chi connectivity index (χ2n) is 4.21. The molecule has 0 fully saturated rings. The fourth-order valence-electron chi connectivity index (χ4n) is 1.79. The summed E-state index contributed by atoms with van der Waals surface area (Å²) in [6.07, 6.45) is 0. The van der Waals surface area contributed by atoms with Crippen molar-refractivity contribution >= 4 is 17.5 Å². The second kappa shape index (κ2) is 5.61. The Hall–Kier alpha value is -2.90. The van der Waals surface area contributed by atoms with Crippen LogP contribution in [0.4, 0.5) is 11.6 Å². The minimum Gasteiger partial charge on any atom is -0.461 e. The molecule has 0 bridgehead atoms. The lowest BCUT2D eigenvalue weighted by Gasteiger charge is -2.00. The zero-order valence-corrected chi connectivity index (χ0v) is 11.5. The van der Waals surface area contributed by atoms with Gasteiger partial charge < -0.3 is 14.9 Å². The summed E-state index contributed by atoms with van der Waals surface area (Å²) in [5.74, 6) is -0.714. The van der Waals surface area contributed by atoms with Crippen molar-refractivity contribution in [3.05, 3.63) is 39.6 Å². The van der Waals surface area contributed by atoms with Gasteiger partial charge in [0.15, 0.2) is 0 Å². The normalized spacial score (nSPS) is 10.4. The number of aryl methyl sites for hydroxylation is 1. The lowest BCUT2D eigenvalue weighted by atomic mass is 10.1. The zero-order chi connectivity index (χ0) is 15.6. The third kappa shape index (κ3) is 2.83. The summed E-state index contributed by atoms with van der Waals surface area (Å²) in [5.41, 5.74) is 6.55. The lowest BCUT2D eigenvalue weighted by Crippen LogP contribution is -2.07. The molecule has 1 aromatic heterocycles. The molecule has 2 rings (SSSR count). The van der Waals surface area contributed by atoms with Crippen LogP contribution in [-0.4, -0.2) is 22.5 Å². The van der Waals surface area contributed by atoms with Gasteiger partial charge >= 0.3 is 5.97 Å². The Balaban J connectivity index is 2.41. The first-order valence-electron chi connectivity index (χ1n) is 6.12. The molecule has 0 aliphatic carbocycles. The van der Waals surface area contributed by atoms with Crippen molar-refractivity contribution in [3.8, 4) is 11.5 Å². The molecule has 2 aromatic rings. The molecule has 0 aliphatic heterocycles. The maximum Gasteiger partial charge on any atom is 0.362 e. The molecule has 0 radical (unpaired) electrons. The Bertz CT molecular complexity index is 708. The smallest absolute Gasteiger partial charge is 0.362 e. The summed E-state index contributed by atoms with van der Waals surface area (Å²) in [6.45, 7) is 3.53. The third-order valence-electron chi connectivity index (χ3n) is 2.77. The van der Waals surface area contributed by atoms with E-state index < -0.39 is 10.9 Å². The topological polar surface area (TPSA) is 121 Å². The van der Waals surface area contributed by atoms with Gasteiger partial charge in [0.25, 0.3) is 5.69 Å². The van der Waals surface area contributed by atoms with Crippen LogP contribution in [-0.2, 0) is 4.74 Å². The van der Waals surface area contributed by atoms with Crippen LogP contribution in [0.15, 0.2) is 22.6 Å². The maximum atomic E-state index is 11.6. The number of carbonyl (C=O) groups excluding carboxylic acids is 1. The number of non-ortho nitro benzene ring substituents is 1. The van der Waals surface area contributed by atoms with Gasteiger partial charge in [0, 0.05) is 17.7 Å². The van der Waals surface area contributed by atoms with Gasteiger partial charge in [-0.3, -0.25) is 10.1 Å². The highest BCUT2D eigenvalue weighted by Crippen LogP contribution is 2.29. The second-order valence-corrected chi connectivity index (χ2v) is 4.21. The van der Waals surface area contributed by atoms with Crippen molar-refractivity contribution in [2.45, 2.75) is 13.8 Å². The average molecular weight is 291 g/mol. The van der Waals surface area contributed by atoms with Gasteiger partial charge in [-0.15, -0.1) is 0 Å². The van der Waals surface area contributed by atoms with E-state index in [4.69, 9.17) is 14.9 Å². The van der Waals surface area contributed by atoms with Crippen molar-refractivity contribution in [2.24, 2.45) is 0 Å². The van der Waals surface area contributed by atoms with Crippen molar-refractivity contribution in [3.63, 3.8) is 0 Å². The molecule has 8 nitrogen and oxygen atoms in total. The molecule has 110 valence electrons. The molecule has 0 saturated heterocycles. The Kier molecular flexibility index (Phi) is 3.88. The molecule has 0 aliphatic rings. The molecule has 0 atom stereocenters. The summed E-state index contributed by atoms with van der Waals surface area (Å²) in [7, 11) is 0. The number of nitrogens with zero attached hydrogens (tertiary/aromatic N) is 2. The van der Waals surface area contributed by atoms with Crippen LogP contribution in [0.1, 0.15) is 23.0 Å². The number of rotatable bonds is 4. The van der Waals surface area contributed by atoms with Gasteiger partial charge in [-0.1, -0.05) is 0 Å². The molecule has 1 aromatic carbocycles. The van der Waals surface area contributed by atoms with E-state index in [0.717, 1.165) is 0 Å². The fourth-order valence-corrected chi connectivity index (χ4v) is 1.79. The Morgan fingerprint density at radius 2 is 2.24 bits per heavy atom. The summed E-state index contributed by atoms with van der Waals surface area (Å²) >= 11 is 0. The highest BCUT2D eigenvalue weighted by molar-refractivity contribution is 5.92. The highest BCUT2D eigenvalue weighted by atomic mass is 16.6. The number of nitrogens with two attached hydrogens (primary N) is 1. The average Bonchev–Trinajstić information content (AvgIpc) is 2.80. The van der Waals surface area contributed by atoms with Crippen LogP contribution in [0.2, 0.25) is 0 Å². The van der Waals surface area contributed by atoms with Gasteiger partial charge in [0.2, 0.25) is 17.5 Å². The van der Waals surface area contributed by atoms with E-state index in [9.17, 15) is 14.9 Å². The van der Waals surface area contributed by atoms with Crippen molar-refractivity contribution in [2.75, 3.05) is 12.3 Å². The number of carbonyl (C=O) groups is 1. The summed E-state index contributed by atoms with van der Waals surface area (Å²) < 4.78 is 10.1. The molecule has 1 heterocycles. The van der Waals surface area contributed by atoms with Crippen LogP contribution in [0.5, 0.6) is 0 Å². The molecule has 0 amide bonds. The zero-order valence-electron chi connectivity index (χ0n) is 11.5. The van der Waals surface area contributed by atoms with Crippen LogP contribution >= 0.6 is 0 Å². The van der Waals surface area contributed by atoms with E-state index in [1.165, 1.54) is 18.2 Å². The van der Waals surface area contributed by atoms with Crippen molar-refractivity contribution in [1.82, 2.24) is 4.98 Å². The van der Waals surface area contributed by atoms with Gasteiger partial charge in [-0.2, -0.15) is 4.98 Å². The fraction of sp³-hybridized carbons (Fsp3) is 0.231. The summed E-state index contributed by atoms with van der Waals surface area (Å²) in [4.78, 5) is 25.8. The van der Waals surface area contributed by atoms with Gasteiger partial charge in [-0.05, 0) is 25.5 Å². The van der Waals surface area contributed by atoms with Crippen LogP contribution in [0.25, 0.3) is 11.5 Å². The summed E-state index contributed by atoms with van der Waals surface area (Å²) in [5, 5.41) is 10.7. The minimum absolute atomic E-state index is 0.0404. The van der Waals surface area contributed by atoms with Crippen LogP contribution in [0.3, 0.4) is 0 Å². The molecule has 0 spiro atoms. The lowest BCUT2D eigenvalue weighted by molar-refractivity contribution is -0.384. The minimum atomic E-state index is -0.676. The number of nitro benzene ring substituents is 1.